The van der Waals surface area contributed by atoms with Gasteiger partial charge in [-0.1, -0.05) is 0 Å². The molecular formula is C20H23N3O7S. The molecule has 31 heavy (non-hydrogen) atoms. The van der Waals surface area contributed by atoms with Crippen LogP contribution in [0.25, 0.3) is 11.1 Å². The fourth-order valence-corrected chi connectivity index (χ4v) is 4.37. The minimum absolute atomic E-state index is 0.287. The van der Waals surface area contributed by atoms with Crippen molar-refractivity contribution in [3.05, 3.63) is 30.9 Å². The van der Waals surface area contributed by atoms with E-state index in [1.165, 1.54) is 38.7 Å². The predicted molar refractivity (Wildman–Crippen MR) is 110 cm³/mol. The van der Waals surface area contributed by atoms with Crippen LogP contribution < -0.4 is 4.74 Å². The number of ether oxygens (including phenoxy) is 4. The molecule has 0 saturated carbocycles. The van der Waals surface area contributed by atoms with Gasteiger partial charge >= 0.3 is 17.9 Å². The molecule has 3 heterocycles. The molecule has 0 unspecified atom stereocenters. The normalized spacial score (nSPS) is 23.0. The number of aromatic nitrogens is 3. The molecule has 0 aliphatic carbocycles. The molecule has 0 bridgehead atoms. The van der Waals surface area contributed by atoms with Crippen molar-refractivity contribution < 1.29 is 33.3 Å². The minimum atomic E-state index is -1.01. The summed E-state index contributed by atoms with van der Waals surface area (Å²) in [7, 11) is 1.81. The summed E-state index contributed by atoms with van der Waals surface area (Å²) >= 11 is 1.28. The van der Waals surface area contributed by atoms with Crippen LogP contribution in [0.4, 0.5) is 0 Å². The van der Waals surface area contributed by atoms with E-state index in [1.54, 1.807) is 23.1 Å². The van der Waals surface area contributed by atoms with Crippen molar-refractivity contribution in [2.75, 3.05) is 5.75 Å². The summed E-state index contributed by atoms with van der Waals surface area (Å²) in [6, 6.07) is 1.79. The van der Waals surface area contributed by atoms with E-state index in [-0.39, 0.29) is 5.75 Å². The van der Waals surface area contributed by atoms with Gasteiger partial charge in [0.15, 0.2) is 23.7 Å². The van der Waals surface area contributed by atoms with Crippen LogP contribution in [0.1, 0.15) is 20.8 Å². The lowest BCUT2D eigenvalue weighted by Crippen LogP contribution is -2.55. The van der Waals surface area contributed by atoms with Crippen LogP contribution in [-0.4, -0.2) is 62.2 Å². The zero-order valence-corrected chi connectivity index (χ0v) is 18.3. The van der Waals surface area contributed by atoms with Gasteiger partial charge in [-0.15, -0.1) is 11.8 Å². The van der Waals surface area contributed by atoms with Gasteiger partial charge in [-0.25, -0.2) is 0 Å². The van der Waals surface area contributed by atoms with E-state index in [0.717, 1.165) is 11.1 Å². The number of pyridine rings is 1. The highest BCUT2D eigenvalue weighted by Crippen LogP contribution is 2.34. The van der Waals surface area contributed by atoms with Gasteiger partial charge in [0.2, 0.25) is 0 Å². The molecule has 1 fully saturated rings. The summed E-state index contributed by atoms with van der Waals surface area (Å²) in [4.78, 5) is 39.1. The van der Waals surface area contributed by atoms with Gasteiger partial charge in [0, 0.05) is 57.1 Å². The number of hydrogen-bond acceptors (Lipinski definition) is 10. The molecule has 0 amide bonds. The highest BCUT2D eigenvalue weighted by molar-refractivity contribution is 7.99. The van der Waals surface area contributed by atoms with Crippen molar-refractivity contribution in [2.45, 2.75) is 44.5 Å². The molecule has 4 atom stereocenters. The Bertz CT molecular complexity index is 964. The summed E-state index contributed by atoms with van der Waals surface area (Å²) in [6.07, 6.45) is 3.98. The van der Waals surface area contributed by atoms with Crippen molar-refractivity contribution >= 4 is 29.7 Å². The van der Waals surface area contributed by atoms with E-state index in [1.807, 2.05) is 13.2 Å². The number of thioether (sulfide) groups is 1. The van der Waals surface area contributed by atoms with Crippen LogP contribution in [0.3, 0.4) is 0 Å². The minimum Gasteiger partial charge on any atom is -0.474 e. The van der Waals surface area contributed by atoms with Gasteiger partial charge in [0.1, 0.15) is 5.75 Å². The number of rotatable bonds is 6. The molecular weight excluding hydrogens is 426 g/mol. The molecule has 0 N–H and O–H groups in total. The molecule has 0 spiro atoms. The smallest absolute Gasteiger partial charge is 0.303 e. The van der Waals surface area contributed by atoms with E-state index in [9.17, 15) is 14.4 Å². The summed E-state index contributed by atoms with van der Waals surface area (Å²) in [5, 5.41) is 4.15. The van der Waals surface area contributed by atoms with Crippen molar-refractivity contribution in [1.82, 2.24) is 14.8 Å². The van der Waals surface area contributed by atoms with Crippen LogP contribution in [0.2, 0.25) is 0 Å². The number of hydrogen-bond donors (Lipinski definition) is 0. The zero-order chi connectivity index (χ0) is 22.5. The van der Waals surface area contributed by atoms with Crippen LogP contribution >= 0.6 is 11.8 Å². The molecule has 1 aliphatic rings. The largest absolute Gasteiger partial charge is 0.474 e. The monoisotopic (exact) mass is 449 g/mol. The highest BCUT2D eigenvalue weighted by Gasteiger charge is 2.47. The van der Waals surface area contributed by atoms with E-state index >= 15 is 0 Å². The quantitative estimate of drug-likeness (QED) is 0.476. The maximum absolute atomic E-state index is 11.8. The maximum Gasteiger partial charge on any atom is 0.303 e. The Morgan fingerprint density at radius 1 is 0.968 bits per heavy atom. The Balaban J connectivity index is 1.85. The first-order valence-electron chi connectivity index (χ1n) is 9.47. The molecule has 0 radical (unpaired) electrons. The van der Waals surface area contributed by atoms with E-state index in [2.05, 4.69) is 10.1 Å². The lowest BCUT2D eigenvalue weighted by molar-refractivity contribution is -0.186. The summed E-state index contributed by atoms with van der Waals surface area (Å²) in [5.41, 5.74) is 0.941. The summed E-state index contributed by atoms with van der Waals surface area (Å²) in [6.45, 7) is 3.73. The number of nitrogens with zero attached hydrogens (tertiary/aromatic N) is 3. The van der Waals surface area contributed by atoms with Gasteiger partial charge < -0.3 is 18.9 Å². The summed E-state index contributed by atoms with van der Waals surface area (Å²) in [5.74, 6) is -0.983. The highest BCUT2D eigenvalue weighted by atomic mass is 32.2. The standard InChI is InChI=1S/C20H23N3O7S/c1-11(24)27-17-10-31-20(19(29-13(3)26)18(17)28-12(2)25)30-16-5-14(6-21-8-16)15-7-22-23(4)9-15/h5-9,17-20H,10H2,1-4H3/t17-,18+,19-,20+/m1/s1. The Labute approximate surface area is 183 Å². The molecule has 2 aromatic rings. The SMILES string of the molecule is CC(=O)O[C@@H]1[C@@H](OC(C)=O)[C@@H](Oc2cncc(-c3cnn(C)c3)c2)SC[C@H]1OC(C)=O. The molecule has 3 rings (SSSR count). The molecule has 11 heteroatoms. The number of aryl methyl sites for hydroxylation is 1. The van der Waals surface area contributed by atoms with E-state index in [4.69, 9.17) is 18.9 Å². The molecule has 2 aromatic heterocycles. The fourth-order valence-electron chi connectivity index (χ4n) is 3.16. The average Bonchev–Trinajstić information content (AvgIpc) is 3.12. The summed E-state index contributed by atoms with van der Waals surface area (Å²) < 4.78 is 23.8. The van der Waals surface area contributed by atoms with E-state index in [0.29, 0.717) is 5.75 Å². The number of carbonyl (C=O) groups excluding carboxylic acids is 3. The van der Waals surface area contributed by atoms with Gasteiger partial charge in [-0.05, 0) is 6.07 Å². The second kappa shape index (κ2) is 9.82. The van der Waals surface area contributed by atoms with Crippen molar-refractivity contribution in [1.29, 1.82) is 0 Å². The molecule has 10 nitrogen and oxygen atoms in total. The Kier molecular flexibility index (Phi) is 7.16. The van der Waals surface area contributed by atoms with Gasteiger partial charge in [-0.2, -0.15) is 5.10 Å². The molecule has 0 aromatic carbocycles. The van der Waals surface area contributed by atoms with Crippen molar-refractivity contribution in [2.24, 2.45) is 7.05 Å². The maximum atomic E-state index is 11.8. The van der Waals surface area contributed by atoms with Crippen LogP contribution in [0.15, 0.2) is 30.9 Å². The second-order valence-electron chi connectivity index (χ2n) is 6.93. The zero-order valence-electron chi connectivity index (χ0n) is 17.5. The average molecular weight is 449 g/mol. The number of esters is 3. The van der Waals surface area contributed by atoms with Gasteiger partial charge in [0.25, 0.3) is 0 Å². The lowest BCUT2D eigenvalue weighted by atomic mass is 10.1. The van der Waals surface area contributed by atoms with E-state index < -0.39 is 41.7 Å². The first-order chi connectivity index (χ1) is 14.7. The van der Waals surface area contributed by atoms with Crippen LogP contribution in [0.5, 0.6) is 5.75 Å². The third-order valence-corrected chi connectivity index (χ3v) is 5.52. The van der Waals surface area contributed by atoms with Crippen molar-refractivity contribution in [3.8, 4) is 16.9 Å². The first-order valence-corrected chi connectivity index (χ1v) is 10.5. The first kappa shape index (κ1) is 22.6. The Hall–Kier alpha value is -3.08. The second-order valence-corrected chi connectivity index (χ2v) is 8.06. The lowest BCUT2D eigenvalue weighted by Gasteiger charge is -2.39. The number of carbonyl (C=O) groups is 3. The third kappa shape index (κ3) is 5.97. The fraction of sp³-hybridized carbons (Fsp3) is 0.450. The topological polar surface area (TPSA) is 119 Å². The molecule has 1 aliphatic heterocycles. The van der Waals surface area contributed by atoms with Crippen LogP contribution in [-0.2, 0) is 35.6 Å². The predicted octanol–water partition coefficient (Wildman–Crippen LogP) is 1.73. The van der Waals surface area contributed by atoms with Gasteiger partial charge in [-0.3, -0.25) is 24.0 Å². The van der Waals surface area contributed by atoms with Crippen molar-refractivity contribution in [3.63, 3.8) is 0 Å². The van der Waals surface area contributed by atoms with Crippen LogP contribution in [0, 0.1) is 0 Å². The molecule has 166 valence electrons. The Morgan fingerprint density at radius 2 is 1.65 bits per heavy atom. The third-order valence-electron chi connectivity index (χ3n) is 4.31. The van der Waals surface area contributed by atoms with Gasteiger partial charge in [0.05, 0.1) is 12.4 Å². The molecule has 1 saturated heterocycles. The Morgan fingerprint density at radius 3 is 2.26 bits per heavy atom.